The summed E-state index contributed by atoms with van der Waals surface area (Å²) >= 11 is 0. The van der Waals surface area contributed by atoms with Gasteiger partial charge in [-0.1, -0.05) is 42.5 Å². The summed E-state index contributed by atoms with van der Waals surface area (Å²) in [5, 5.41) is 1.21. The van der Waals surface area contributed by atoms with Gasteiger partial charge in [0.1, 0.15) is 0 Å². The molecule has 100 valence electrons. The van der Waals surface area contributed by atoms with Crippen LogP contribution < -0.4 is 0 Å². The predicted octanol–water partition coefficient (Wildman–Crippen LogP) is 4.14. The highest BCUT2D eigenvalue weighted by Crippen LogP contribution is 2.21. The third-order valence-electron chi connectivity index (χ3n) is 3.75. The van der Waals surface area contributed by atoms with Gasteiger partial charge in [-0.3, -0.25) is 4.79 Å². The summed E-state index contributed by atoms with van der Waals surface area (Å²) in [4.78, 5) is 12.5. The standard InChI is InChI=1S/C18H17NO/c1-13-7-3-4-9-16(13)18(20)12-19-11-14(2)15-8-5-6-10-17(15)19/h3-11H,12H2,1-2H3. The van der Waals surface area contributed by atoms with Crippen molar-refractivity contribution in [3.8, 4) is 0 Å². The number of Topliss-reactive ketones (excluding diaryl/α,β-unsaturated/α-hetero) is 1. The summed E-state index contributed by atoms with van der Waals surface area (Å²) in [5.41, 5.74) is 4.17. The lowest BCUT2D eigenvalue weighted by atomic mass is 10.1. The highest BCUT2D eigenvalue weighted by Gasteiger charge is 2.11. The Morgan fingerprint density at radius 3 is 2.45 bits per heavy atom. The lowest BCUT2D eigenvalue weighted by Crippen LogP contribution is -2.10. The van der Waals surface area contributed by atoms with Crippen LogP contribution in [0.2, 0.25) is 0 Å². The van der Waals surface area contributed by atoms with E-state index in [4.69, 9.17) is 0 Å². The molecule has 0 atom stereocenters. The molecule has 2 nitrogen and oxygen atoms in total. The molecule has 0 fully saturated rings. The van der Waals surface area contributed by atoms with E-state index >= 15 is 0 Å². The van der Waals surface area contributed by atoms with Gasteiger partial charge < -0.3 is 4.57 Å². The van der Waals surface area contributed by atoms with Crippen molar-refractivity contribution in [3.63, 3.8) is 0 Å². The number of nitrogens with zero attached hydrogens (tertiary/aromatic N) is 1. The van der Waals surface area contributed by atoms with E-state index in [1.807, 2.05) is 47.9 Å². The van der Waals surface area contributed by atoms with Crippen molar-refractivity contribution in [3.05, 3.63) is 71.4 Å². The Bertz CT molecular complexity index is 783. The summed E-state index contributed by atoms with van der Waals surface area (Å²) in [6.07, 6.45) is 2.06. The molecule has 0 amide bonds. The highest BCUT2D eigenvalue weighted by atomic mass is 16.1. The molecule has 0 bridgehead atoms. The quantitative estimate of drug-likeness (QED) is 0.651. The number of hydrogen-bond acceptors (Lipinski definition) is 1. The fraction of sp³-hybridized carbons (Fsp3) is 0.167. The van der Waals surface area contributed by atoms with Crippen LogP contribution >= 0.6 is 0 Å². The average Bonchev–Trinajstić information content (AvgIpc) is 2.76. The first-order valence-electron chi connectivity index (χ1n) is 6.80. The molecule has 0 N–H and O–H groups in total. The number of ketones is 1. The van der Waals surface area contributed by atoms with Gasteiger partial charge in [0.2, 0.25) is 0 Å². The van der Waals surface area contributed by atoms with Gasteiger partial charge >= 0.3 is 0 Å². The van der Waals surface area contributed by atoms with E-state index < -0.39 is 0 Å². The number of hydrogen-bond donors (Lipinski definition) is 0. The van der Waals surface area contributed by atoms with Gasteiger partial charge in [0.25, 0.3) is 0 Å². The van der Waals surface area contributed by atoms with Gasteiger partial charge in [-0.05, 0) is 31.0 Å². The lowest BCUT2D eigenvalue weighted by Gasteiger charge is -2.07. The maximum absolute atomic E-state index is 12.5. The van der Waals surface area contributed by atoms with E-state index in [2.05, 4.69) is 25.3 Å². The summed E-state index contributed by atoms with van der Waals surface area (Å²) in [6.45, 7) is 4.45. The maximum atomic E-state index is 12.5. The third kappa shape index (κ3) is 2.14. The Balaban J connectivity index is 1.98. The lowest BCUT2D eigenvalue weighted by molar-refractivity contribution is 0.0973. The van der Waals surface area contributed by atoms with Crippen LogP contribution in [0.15, 0.2) is 54.7 Å². The zero-order valence-electron chi connectivity index (χ0n) is 11.8. The predicted molar refractivity (Wildman–Crippen MR) is 82.2 cm³/mol. The molecule has 20 heavy (non-hydrogen) atoms. The monoisotopic (exact) mass is 263 g/mol. The SMILES string of the molecule is Cc1ccccc1C(=O)Cn1cc(C)c2ccccc21. The molecule has 0 aliphatic heterocycles. The number of rotatable bonds is 3. The van der Waals surface area contributed by atoms with Gasteiger partial charge in [0, 0.05) is 22.7 Å². The minimum Gasteiger partial charge on any atom is -0.339 e. The van der Waals surface area contributed by atoms with Crippen molar-refractivity contribution in [2.24, 2.45) is 0 Å². The molecule has 0 aliphatic carbocycles. The molecule has 1 heterocycles. The van der Waals surface area contributed by atoms with Gasteiger partial charge in [-0.15, -0.1) is 0 Å². The Morgan fingerprint density at radius 2 is 1.65 bits per heavy atom. The average molecular weight is 263 g/mol. The number of carbonyl (C=O) groups is 1. The van der Waals surface area contributed by atoms with Gasteiger partial charge in [0.15, 0.2) is 5.78 Å². The van der Waals surface area contributed by atoms with Crippen molar-refractivity contribution >= 4 is 16.7 Å². The second kappa shape index (κ2) is 4.97. The molecule has 3 aromatic rings. The Hall–Kier alpha value is -2.35. The Kier molecular flexibility index (Phi) is 3.15. The molecule has 0 unspecified atom stereocenters. The van der Waals surface area contributed by atoms with E-state index in [1.54, 1.807) is 0 Å². The zero-order valence-corrected chi connectivity index (χ0v) is 11.8. The largest absolute Gasteiger partial charge is 0.339 e. The first kappa shape index (κ1) is 12.7. The fourth-order valence-corrected chi connectivity index (χ4v) is 2.69. The molecular weight excluding hydrogens is 246 g/mol. The van der Waals surface area contributed by atoms with Crippen LogP contribution in [0.25, 0.3) is 10.9 Å². The van der Waals surface area contributed by atoms with Crippen molar-refractivity contribution in [2.45, 2.75) is 20.4 Å². The van der Waals surface area contributed by atoms with Crippen molar-refractivity contribution in [1.82, 2.24) is 4.57 Å². The van der Waals surface area contributed by atoms with Gasteiger partial charge in [-0.2, -0.15) is 0 Å². The number of fused-ring (bicyclic) bond motifs is 1. The molecule has 2 aromatic carbocycles. The van der Waals surface area contributed by atoms with Gasteiger partial charge in [0.05, 0.1) is 6.54 Å². The van der Waals surface area contributed by atoms with E-state index in [1.165, 1.54) is 10.9 Å². The topological polar surface area (TPSA) is 22.0 Å². The van der Waals surface area contributed by atoms with E-state index in [9.17, 15) is 4.79 Å². The summed E-state index contributed by atoms with van der Waals surface area (Å²) in [6, 6.07) is 16.0. The van der Waals surface area contributed by atoms with Crippen LogP contribution in [-0.4, -0.2) is 10.4 Å². The highest BCUT2D eigenvalue weighted by molar-refractivity contribution is 5.98. The molecule has 0 aliphatic rings. The molecular formula is C18H17NO. The minimum atomic E-state index is 0.156. The molecule has 0 spiro atoms. The van der Waals surface area contributed by atoms with Crippen molar-refractivity contribution < 1.29 is 4.79 Å². The normalized spacial score (nSPS) is 10.9. The van der Waals surface area contributed by atoms with Crippen LogP contribution in [0, 0.1) is 13.8 Å². The van der Waals surface area contributed by atoms with Crippen LogP contribution in [-0.2, 0) is 6.54 Å². The molecule has 0 radical (unpaired) electrons. The summed E-state index contributed by atoms with van der Waals surface area (Å²) in [5.74, 6) is 0.156. The zero-order chi connectivity index (χ0) is 14.1. The molecule has 3 rings (SSSR count). The first-order chi connectivity index (χ1) is 9.66. The summed E-state index contributed by atoms with van der Waals surface area (Å²) in [7, 11) is 0. The van der Waals surface area contributed by atoms with E-state index in [-0.39, 0.29) is 5.78 Å². The van der Waals surface area contributed by atoms with Crippen LogP contribution in [0.3, 0.4) is 0 Å². The molecule has 2 heteroatoms. The van der Waals surface area contributed by atoms with Crippen molar-refractivity contribution in [2.75, 3.05) is 0 Å². The number of aromatic nitrogens is 1. The first-order valence-corrected chi connectivity index (χ1v) is 6.80. The number of benzene rings is 2. The molecule has 0 saturated carbocycles. The number of carbonyl (C=O) groups excluding carboxylic acids is 1. The van der Waals surface area contributed by atoms with Crippen molar-refractivity contribution in [1.29, 1.82) is 0 Å². The smallest absolute Gasteiger partial charge is 0.182 e. The Labute approximate surface area is 118 Å². The van der Waals surface area contributed by atoms with Crippen LogP contribution in [0.4, 0.5) is 0 Å². The third-order valence-corrected chi connectivity index (χ3v) is 3.75. The minimum absolute atomic E-state index is 0.156. The van der Waals surface area contributed by atoms with Crippen LogP contribution in [0.1, 0.15) is 21.5 Å². The van der Waals surface area contributed by atoms with E-state index in [0.717, 1.165) is 16.6 Å². The second-order valence-corrected chi connectivity index (χ2v) is 5.20. The molecule has 1 aromatic heterocycles. The van der Waals surface area contributed by atoms with Gasteiger partial charge in [-0.25, -0.2) is 0 Å². The number of para-hydroxylation sites is 1. The fourth-order valence-electron chi connectivity index (χ4n) is 2.69. The maximum Gasteiger partial charge on any atom is 0.182 e. The second-order valence-electron chi connectivity index (χ2n) is 5.20. The van der Waals surface area contributed by atoms with Crippen LogP contribution in [0.5, 0.6) is 0 Å². The summed E-state index contributed by atoms with van der Waals surface area (Å²) < 4.78 is 2.04. The molecule has 0 saturated heterocycles. The number of aryl methyl sites for hydroxylation is 2. The van der Waals surface area contributed by atoms with E-state index in [0.29, 0.717) is 6.54 Å². The Morgan fingerprint density at radius 1 is 0.950 bits per heavy atom.